The van der Waals surface area contributed by atoms with Gasteiger partial charge in [0.25, 0.3) is 0 Å². The first-order valence-electron chi connectivity index (χ1n) is 7.68. The summed E-state index contributed by atoms with van der Waals surface area (Å²) in [5.74, 6) is 0.829. The standard InChI is InChI=1S/C18H16ClN5/c1-10-7-11(2)20-17-16(10)18-21-12(3)8-15(24(18)23-17)22-14-6-4-5-13(19)9-14/h4-9,22H,1-3H3. The molecule has 0 radical (unpaired) electrons. The summed E-state index contributed by atoms with van der Waals surface area (Å²) in [6.45, 7) is 6.01. The lowest BCUT2D eigenvalue weighted by Crippen LogP contribution is -2.02. The molecule has 0 amide bonds. The number of aromatic nitrogens is 4. The molecular weight excluding hydrogens is 322 g/mol. The first kappa shape index (κ1) is 14.9. The molecule has 4 aromatic rings. The van der Waals surface area contributed by atoms with Gasteiger partial charge >= 0.3 is 0 Å². The predicted molar refractivity (Wildman–Crippen MR) is 97.2 cm³/mol. The molecule has 6 heteroatoms. The fourth-order valence-electron chi connectivity index (χ4n) is 2.95. The molecule has 0 unspecified atom stereocenters. The van der Waals surface area contributed by atoms with E-state index in [1.165, 1.54) is 0 Å². The molecule has 0 aliphatic heterocycles. The van der Waals surface area contributed by atoms with Crippen LogP contribution in [0.4, 0.5) is 11.5 Å². The zero-order valence-corrected chi connectivity index (χ0v) is 14.4. The summed E-state index contributed by atoms with van der Waals surface area (Å²) in [6, 6.07) is 11.6. The summed E-state index contributed by atoms with van der Waals surface area (Å²) in [4.78, 5) is 9.21. The molecule has 0 aliphatic carbocycles. The minimum atomic E-state index is 0.681. The molecule has 24 heavy (non-hydrogen) atoms. The van der Waals surface area contributed by atoms with Crippen LogP contribution in [0.5, 0.6) is 0 Å². The van der Waals surface area contributed by atoms with Crippen LogP contribution in [-0.4, -0.2) is 19.6 Å². The molecule has 0 saturated carbocycles. The Kier molecular flexibility index (Phi) is 3.39. The summed E-state index contributed by atoms with van der Waals surface area (Å²) in [7, 11) is 0. The maximum absolute atomic E-state index is 6.08. The van der Waals surface area contributed by atoms with Crippen molar-refractivity contribution in [1.82, 2.24) is 19.6 Å². The van der Waals surface area contributed by atoms with E-state index in [4.69, 9.17) is 11.6 Å². The summed E-state index contributed by atoms with van der Waals surface area (Å²) < 4.78 is 1.80. The van der Waals surface area contributed by atoms with E-state index in [9.17, 15) is 0 Å². The van der Waals surface area contributed by atoms with Crippen LogP contribution in [0.3, 0.4) is 0 Å². The summed E-state index contributed by atoms with van der Waals surface area (Å²) >= 11 is 6.08. The lowest BCUT2D eigenvalue weighted by atomic mass is 10.2. The largest absolute Gasteiger partial charge is 0.340 e. The second-order valence-electron chi connectivity index (χ2n) is 5.93. The fraction of sp³-hybridized carbons (Fsp3) is 0.167. The number of benzene rings is 1. The van der Waals surface area contributed by atoms with Gasteiger partial charge in [0.05, 0.1) is 5.39 Å². The van der Waals surface area contributed by atoms with Crippen molar-refractivity contribution in [3.05, 3.63) is 58.4 Å². The number of nitrogens with one attached hydrogen (secondary N) is 1. The molecule has 0 aliphatic rings. The molecule has 3 aromatic heterocycles. The monoisotopic (exact) mass is 337 g/mol. The smallest absolute Gasteiger partial charge is 0.184 e. The Morgan fingerprint density at radius 3 is 2.58 bits per heavy atom. The van der Waals surface area contributed by atoms with Gasteiger partial charge in [0, 0.05) is 28.2 Å². The van der Waals surface area contributed by atoms with Gasteiger partial charge in [0.2, 0.25) is 0 Å². The van der Waals surface area contributed by atoms with Crippen LogP contribution in [0.15, 0.2) is 36.4 Å². The number of nitrogens with zero attached hydrogens (tertiary/aromatic N) is 4. The lowest BCUT2D eigenvalue weighted by Gasteiger charge is -2.09. The van der Waals surface area contributed by atoms with Crippen LogP contribution >= 0.6 is 11.6 Å². The molecule has 4 rings (SSSR count). The number of anilines is 2. The van der Waals surface area contributed by atoms with Crippen molar-refractivity contribution in [3.63, 3.8) is 0 Å². The number of hydrogen-bond acceptors (Lipinski definition) is 4. The normalized spacial score (nSPS) is 11.3. The van der Waals surface area contributed by atoms with E-state index in [2.05, 4.69) is 33.4 Å². The molecule has 0 atom stereocenters. The number of aryl methyl sites for hydroxylation is 3. The number of hydrogen-bond donors (Lipinski definition) is 1. The minimum Gasteiger partial charge on any atom is -0.340 e. The average molecular weight is 338 g/mol. The van der Waals surface area contributed by atoms with Crippen LogP contribution in [0.1, 0.15) is 17.0 Å². The quantitative estimate of drug-likeness (QED) is 0.580. The SMILES string of the molecule is Cc1cc(C)c2c(n1)nn1c(Nc3cccc(Cl)c3)cc(C)nc21. The van der Waals surface area contributed by atoms with Crippen molar-refractivity contribution in [3.8, 4) is 0 Å². The van der Waals surface area contributed by atoms with Crippen LogP contribution in [0.25, 0.3) is 16.7 Å². The highest BCUT2D eigenvalue weighted by Crippen LogP contribution is 2.26. The van der Waals surface area contributed by atoms with E-state index >= 15 is 0 Å². The fourth-order valence-corrected chi connectivity index (χ4v) is 3.14. The Morgan fingerprint density at radius 2 is 1.79 bits per heavy atom. The molecule has 1 N–H and O–H groups in total. The van der Waals surface area contributed by atoms with Crippen LogP contribution in [0.2, 0.25) is 5.02 Å². The van der Waals surface area contributed by atoms with E-state index in [-0.39, 0.29) is 0 Å². The Labute approximate surface area is 144 Å². The van der Waals surface area contributed by atoms with Crippen molar-refractivity contribution < 1.29 is 0 Å². The molecule has 0 bridgehead atoms. The molecule has 1 aromatic carbocycles. The second-order valence-corrected chi connectivity index (χ2v) is 6.37. The van der Waals surface area contributed by atoms with Crippen LogP contribution in [-0.2, 0) is 0 Å². The Bertz CT molecular complexity index is 1080. The van der Waals surface area contributed by atoms with Gasteiger partial charge in [-0.05, 0) is 50.6 Å². The van der Waals surface area contributed by atoms with Gasteiger partial charge in [-0.25, -0.2) is 9.97 Å². The highest BCUT2D eigenvalue weighted by Gasteiger charge is 2.14. The van der Waals surface area contributed by atoms with Crippen molar-refractivity contribution >= 4 is 39.8 Å². The van der Waals surface area contributed by atoms with E-state index in [1.54, 1.807) is 4.52 Å². The average Bonchev–Trinajstić information content (AvgIpc) is 2.85. The van der Waals surface area contributed by atoms with Crippen LogP contribution in [0, 0.1) is 20.8 Å². The van der Waals surface area contributed by atoms with Gasteiger partial charge in [-0.15, -0.1) is 5.10 Å². The molecule has 0 spiro atoms. The van der Waals surface area contributed by atoms with Crippen molar-refractivity contribution in [1.29, 1.82) is 0 Å². The third-order valence-electron chi connectivity index (χ3n) is 3.90. The van der Waals surface area contributed by atoms with E-state index in [1.807, 2.05) is 44.2 Å². The molecule has 3 heterocycles. The summed E-state index contributed by atoms with van der Waals surface area (Å²) in [5, 5.41) is 9.68. The summed E-state index contributed by atoms with van der Waals surface area (Å²) in [6.07, 6.45) is 0. The molecule has 0 saturated heterocycles. The Morgan fingerprint density at radius 1 is 1.00 bits per heavy atom. The van der Waals surface area contributed by atoms with Gasteiger partial charge in [0.15, 0.2) is 11.3 Å². The van der Waals surface area contributed by atoms with E-state index in [0.717, 1.165) is 39.5 Å². The van der Waals surface area contributed by atoms with Gasteiger partial charge < -0.3 is 5.32 Å². The maximum Gasteiger partial charge on any atom is 0.184 e. The van der Waals surface area contributed by atoms with Gasteiger partial charge in [0.1, 0.15) is 5.82 Å². The third kappa shape index (κ3) is 2.47. The number of pyridine rings is 1. The van der Waals surface area contributed by atoms with Gasteiger partial charge in [-0.2, -0.15) is 4.52 Å². The third-order valence-corrected chi connectivity index (χ3v) is 4.13. The van der Waals surface area contributed by atoms with E-state index < -0.39 is 0 Å². The lowest BCUT2D eigenvalue weighted by molar-refractivity contribution is 0.944. The molecule has 120 valence electrons. The van der Waals surface area contributed by atoms with Crippen molar-refractivity contribution in [2.75, 3.05) is 5.32 Å². The first-order valence-corrected chi connectivity index (χ1v) is 8.06. The topological polar surface area (TPSA) is 55.1 Å². The van der Waals surface area contributed by atoms with Crippen molar-refractivity contribution in [2.24, 2.45) is 0 Å². The maximum atomic E-state index is 6.08. The molecule has 5 nitrogen and oxygen atoms in total. The number of fused-ring (bicyclic) bond motifs is 3. The Balaban J connectivity index is 1.97. The molecular formula is C18H16ClN5. The highest BCUT2D eigenvalue weighted by atomic mass is 35.5. The van der Waals surface area contributed by atoms with Gasteiger partial charge in [-0.1, -0.05) is 17.7 Å². The van der Waals surface area contributed by atoms with Crippen LogP contribution < -0.4 is 5.32 Å². The number of rotatable bonds is 2. The highest BCUT2D eigenvalue weighted by molar-refractivity contribution is 6.30. The predicted octanol–water partition coefficient (Wildman–Crippen LogP) is 4.60. The van der Waals surface area contributed by atoms with Crippen molar-refractivity contribution in [2.45, 2.75) is 20.8 Å². The first-order chi connectivity index (χ1) is 11.5. The molecule has 0 fully saturated rings. The zero-order valence-electron chi connectivity index (χ0n) is 13.6. The summed E-state index contributed by atoms with van der Waals surface area (Å²) in [5.41, 5.74) is 5.40. The minimum absolute atomic E-state index is 0.681. The number of halogens is 1. The Hall–Kier alpha value is -2.66. The van der Waals surface area contributed by atoms with E-state index in [0.29, 0.717) is 10.7 Å². The van der Waals surface area contributed by atoms with Gasteiger partial charge in [-0.3, -0.25) is 0 Å². The zero-order chi connectivity index (χ0) is 16.8. The second kappa shape index (κ2) is 5.46.